The molecule has 1 aliphatic rings. The van der Waals surface area contributed by atoms with Gasteiger partial charge in [0.15, 0.2) is 0 Å². The average molecular weight is 419 g/mol. The lowest BCUT2D eigenvalue weighted by molar-refractivity contribution is -0.126. The summed E-state index contributed by atoms with van der Waals surface area (Å²) >= 11 is 3.34. The Morgan fingerprint density at radius 2 is 1.96 bits per heavy atom. The second-order valence-electron chi connectivity index (χ2n) is 6.03. The van der Waals surface area contributed by atoms with Crippen LogP contribution in [0.15, 0.2) is 28.7 Å². The molecule has 1 aliphatic carbocycles. The van der Waals surface area contributed by atoms with Crippen molar-refractivity contribution in [1.82, 2.24) is 10.6 Å². The first-order valence-corrected chi connectivity index (χ1v) is 8.92. The third-order valence-electron chi connectivity index (χ3n) is 4.11. The van der Waals surface area contributed by atoms with E-state index in [1.165, 1.54) is 0 Å². The first-order valence-electron chi connectivity index (χ1n) is 8.13. The van der Waals surface area contributed by atoms with Gasteiger partial charge in [-0.3, -0.25) is 9.59 Å². The van der Waals surface area contributed by atoms with Crippen molar-refractivity contribution in [2.24, 2.45) is 11.7 Å². The van der Waals surface area contributed by atoms with E-state index in [2.05, 4.69) is 26.6 Å². The van der Waals surface area contributed by atoms with Gasteiger partial charge in [0, 0.05) is 35.1 Å². The fourth-order valence-electron chi connectivity index (χ4n) is 2.84. The van der Waals surface area contributed by atoms with Crippen LogP contribution in [0.3, 0.4) is 0 Å². The molecule has 0 heterocycles. The molecule has 2 unspecified atom stereocenters. The number of hydrogen-bond donors (Lipinski definition) is 3. The monoisotopic (exact) mass is 417 g/mol. The Kier molecular flexibility index (Phi) is 9.33. The number of amides is 2. The van der Waals surface area contributed by atoms with Crippen molar-refractivity contribution in [3.05, 3.63) is 34.3 Å². The maximum Gasteiger partial charge on any atom is 0.251 e. The van der Waals surface area contributed by atoms with Gasteiger partial charge in [0.25, 0.3) is 5.91 Å². The van der Waals surface area contributed by atoms with Crippen LogP contribution in [0.1, 0.15) is 42.5 Å². The van der Waals surface area contributed by atoms with E-state index in [0.717, 1.165) is 30.2 Å². The summed E-state index contributed by atoms with van der Waals surface area (Å²) in [6.07, 6.45) is 4.47. The highest BCUT2D eigenvalue weighted by Crippen LogP contribution is 2.22. The van der Waals surface area contributed by atoms with Crippen LogP contribution >= 0.6 is 28.3 Å². The molecule has 2 amide bonds. The molecule has 7 heteroatoms. The van der Waals surface area contributed by atoms with Crippen LogP contribution in [0.5, 0.6) is 0 Å². The fourth-order valence-corrected chi connectivity index (χ4v) is 3.24. The number of carbonyl (C=O) groups is 2. The van der Waals surface area contributed by atoms with Gasteiger partial charge in [0.1, 0.15) is 0 Å². The highest BCUT2D eigenvalue weighted by atomic mass is 79.9. The van der Waals surface area contributed by atoms with Crippen molar-refractivity contribution in [1.29, 1.82) is 0 Å². The highest BCUT2D eigenvalue weighted by Gasteiger charge is 2.24. The molecule has 5 nitrogen and oxygen atoms in total. The predicted molar refractivity (Wildman–Crippen MR) is 101 cm³/mol. The predicted octanol–water partition coefficient (Wildman–Crippen LogP) is 2.62. The number of nitrogens with one attached hydrogen (secondary N) is 2. The van der Waals surface area contributed by atoms with Crippen LogP contribution < -0.4 is 16.4 Å². The molecular weight excluding hydrogens is 394 g/mol. The Bertz CT molecular complexity index is 556. The summed E-state index contributed by atoms with van der Waals surface area (Å²) in [6, 6.07) is 7.42. The number of halogens is 2. The summed E-state index contributed by atoms with van der Waals surface area (Å²) in [6.45, 7) is 1.11. The number of nitrogens with two attached hydrogens (primary N) is 1. The number of rotatable bonds is 6. The Hall–Kier alpha value is -1.11. The normalized spacial score (nSPS) is 19.9. The van der Waals surface area contributed by atoms with Crippen molar-refractivity contribution < 1.29 is 9.59 Å². The third-order valence-corrected chi connectivity index (χ3v) is 4.60. The molecule has 1 aromatic carbocycles. The van der Waals surface area contributed by atoms with E-state index in [0.29, 0.717) is 25.1 Å². The van der Waals surface area contributed by atoms with Crippen LogP contribution in [0, 0.1) is 5.92 Å². The highest BCUT2D eigenvalue weighted by molar-refractivity contribution is 9.10. The minimum absolute atomic E-state index is 0. The smallest absolute Gasteiger partial charge is 0.251 e. The Labute approximate surface area is 157 Å². The van der Waals surface area contributed by atoms with Gasteiger partial charge in [-0.25, -0.2) is 0 Å². The molecule has 1 fully saturated rings. The Morgan fingerprint density at radius 3 is 2.67 bits per heavy atom. The Morgan fingerprint density at radius 1 is 1.21 bits per heavy atom. The molecule has 2 rings (SSSR count). The van der Waals surface area contributed by atoms with Crippen LogP contribution in [-0.2, 0) is 4.79 Å². The number of benzene rings is 1. The average Bonchev–Trinajstić information content (AvgIpc) is 2.54. The van der Waals surface area contributed by atoms with E-state index in [-0.39, 0.29) is 36.2 Å². The quantitative estimate of drug-likeness (QED) is 0.621. The summed E-state index contributed by atoms with van der Waals surface area (Å²) in [5, 5.41) is 5.80. The van der Waals surface area contributed by atoms with Crippen LogP contribution in [0.2, 0.25) is 0 Å². The summed E-state index contributed by atoms with van der Waals surface area (Å²) in [5.41, 5.74) is 6.53. The zero-order valence-electron chi connectivity index (χ0n) is 13.6. The lowest BCUT2D eigenvalue weighted by atomic mass is 9.85. The van der Waals surface area contributed by atoms with Crippen molar-refractivity contribution in [3.8, 4) is 0 Å². The first kappa shape index (κ1) is 20.9. The van der Waals surface area contributed by atoms with Crippen molar-refractivity contribution in [3.63, 3.8) is 0 Å². The minimum atomic E-state index is -0.101. The van der Waals surface area contributed by atoms with Gasteiger partial charge in [-0.15, -0.1) is 12.4 Å². The number of hydrogen-bond acceptors (Lipinski definition) is 3. The topological polar surface area (TPSA) is 84.2 Å². The van der Waals surface area contributed by atoms with Gasteiger partial charge in [-0.1, -0.05) is 28.4 Å². The second-order valence-corrected chi connectivity index (χ2v) is 6.95. The van der Waals surface area contributed by atoms with E-state index in [4.69, 9.17) is 5.73 Å². The zero-order chi connectivity index (χ0) is 16.7. The molecule has 24 heavy (non-hydrogen) atoms. The molecule has 2 atom stereocenters. The molecule has 0 aliphatic heterocycles. The van der Waals surface area contributed by atoms with Crippen molar-refractivity contribution >= 4 is 40.2 Å². The second kappa shape index (κ2) is 10.7. The maximum atomic E-state index is 12.0. The summed E-state index contributed by atoms with van der Waals surface area (Å²) in [7, 11) is 0. The van der Waals surface area contributed by atoms with Crippen molar-refractivity contribution in [2.75, 3.05) is 13.1 Å². The van der Waals surface area contributed by atoms with Crippen LogP contribution in [-0.4, -0.2) is 30.9 Å². The van der Waals surface area contributed by atoms with Gasteiger partial charge >= 0.3 is 0 Å². The van der Waals surface area contributed by atoms with Gasteiger partial charge in [0.05, 0.1) is 0 Å². The van der Waals surface area contributed by atoms with Crippen molar-refractivity contribution in [2.45, 2.75) is 38.1 Å². The van der Waals surface area contributed by atoms with Gasteiger partial charge in [-0.05, 0) is 43.9 Å². The zero-order valence-corrected chi connectivity index (χ0v) is 16.0. The van der Waals surface area contributed by atoms with Gasteiger partial charge in [0.2, 0.25) is 5.91 Å². The molecule has 0 aromatic heterocycles. The Balaban J connectivity index is 0.00000288. The SMILES string of the molecule is Cl.NC1CCCC(C(=O)NCCCNC(=O)c2cccc(Br)c2)C1. The molecule has 0 saturated heterocycles. The van der Waals surface area contributed by atoms with Crippen LogP contribution in [0.25, 0.3) is 0 Å². The third kappa shape index (κ3) is 6.79. The molecular formula is C17H25BrClN3O2. The fraction of sp³-hybridized carbons (Fsp3) is 0.529. The number of carbonyl (C=O) groups excluding carboxylic acids is 2. The van der Waals surface area contributed by atoms with E-state index in [9.17, 15) is 9.59 Å². The lowest BCUT2D eigenvalue weighted by Crippen LogP contribution is -2.38. The van der Waals surface area contributed by atoms with E-state index < -0.39 is 0 Å². The van der Waals surface area contributed by atoms with Gasteiger partial charge in [-0.2, -0.15) is 0 Å². The largest absolute Gasteiger partial charge is 0.356 e. The standard InChI is InChI=1S/C17H24BrN3O2.ClH/c18-14-6-1-4-12(10-14)16(22)20-8-3-9-21-17(23)13-5-2-7-15(19)11-13;/h1,4,6,10,13,15H,2-3,5,7-9,11,19H2,(H,20,22)(H,21,23);1H. The van der Waals surface area contributed by atoms with Gasteiger partial charge < -0.3 is 16.4 Å². The molecule has 0 radical (unpaired) electrons. The first-order chi connectivity index (χ1) is 11.1. The minimum Gasteiger partial charge on any atom is -0.356 e. The molecule has 0 bridgehead atoms. The molecule has 134 valence electrons. The molecule has 1 saturated carbocycles. The van der Waals surface area contributed by atoms with E-state index in [1.54, 1.807) is 12.1 Å². The maximum absolute atomic E-state index is 12.0. The summed E-state index contributed by atoms with van der Waals surface area (Å²) < 4.78 is 0.878. The summed E-state index contributed by atoms with van der Waals surface area (Å²) in [4.78, 5) is 24.0. The van der Waals surface area contributed by atoms with Crippen LogP contribution in [0.4, 0.5) is 0 Å². The summed E-state index contributed by atoms with van der Waals surface area (Å²) in [5.74, 6) is 0.0457. The van der Waals surface area contributed by atoms with E-state index >= 15 is 0 Å². The van der Waals surface area contributed by atoms with E-state index in [1.807, 2.05) is 12.1 Å². The lowest BCUT2D eigenvalue weighted by Gasteiger charge is -2.25. The molecule has 4 N–H and O–H groups in total. The molecule has 0 spiro atoms. The molecule has 1 aromatic rings.